The monoisotopic (exact) mass is 297 g/mol. The number of β-amino-alcohol motifs (C(OH)–C–C–N with tert-alkyl or cyclic N) is 1. The summed E-state index contributed by atoms with van der Waals surface area (Å²) in [4.78, 5) is 2.27. The molecule has 0 aromatic heterocycles. The minimum Gasteiger partial charge on any atom is -0.389 e. The number of fused-ring (bicyclic) bond motifs is 2. The van der Waals surface area contributed by atoms with Gasteiger partial charge in [0.15, 0.2) is 0 Å². The van der Waals surface area contributed by atoms with E-state index >= 15 is 0 Å². The molecule has 122 valence electrons. The quantitative estimate of drug-likeness (QED) is 0.842. The normalized spacial score (nSPS) is 40.6. The molecule has 2 saturated carbocycles. The summed E-state index contributed by atoms with van der Waals surface area (Å²) in [6, 6.07) is 0. The largest absolute Gasteiger partial charge is 0.389 e. The highest BCUT2D eigenvalue weighted by Gasteiger charge is 2.60. The lowest BCUT2D eigenvalue weighted by Crippen LogP contribution is -2.46. The van der Waals surface area contributed by atoms with E-state index in [0.717, 1.165) is 32.2 Å². The van der Waals surface area contributed by atoms with Gasteiger partial charge in [0, 0.05) is 19.6 Å². The first kappa shape index (κ1) is 15.7. The minimum atomic E-state index is -0.387. The van der Waals surface area contributed by atoms with Crippen LogP contribution in [0.2, 0.25) is 0 Å². The van der Waals surface area contributed by atoms with Gasteiger partial charge in [-0.05, 0) is 36.0 Å². The van der Waals surface area contributed by atoms with Gasteiger partial charge in [0.1, 0.15) is 0 Å². The highest BCUT2D eigenvalue weighted by Crippen LogP contribution is 2.63. The molecule has 3 fully saturated rings. The third-order valence-corrected chi connectivity index (χ3v) is 6.17. The van der Waals surface area contributed by atoms with Gasteiger partial charge < -0.3 is 14.6 Å². The molecule has 1 saturated heterocycles. The molecule has 3 rings (SSSR count). The number of hydrogen-bond acceptors (Lipinski definition) is 4. The molecule has 0 spiro atoms. The number of aliphatic hydroxyl groups excluding tert-OH is 1. The van der Waals surface area contributed by atoms with Gasteiger partial charge in [0.25, 0.3) is 0 Å². The Hall–Kier alpha value is -0.160. The summed E-state index contributed by atoms with van der Waals surface area (Å²) in [5.41, 5.74) is 0.582. The molecular weight excluding hydrogens is 266 g/mol. The molecule has 0 aromatic rings. The lowest BCUT2D eigenvalue weighted by molar-refractivity contribution is -0.115. The van der Waals surface area contributed by atoms with E-state index in [-0.39, 0.29) is 11.5 Å². The fourth-order valence-electron chi connectivity index (χ4n) is 5.01. The van der Waals surface area contributed by atoms with Crippen molar-refractivity contribution in [1.82, 2.24) is 4.90 Å². The van der Waals surface area contributed by atoms with Crippen molar-refractivity contribution in [2.45, 2.75) is 52.2 Å². The summed E-state index contributed by atoms with van der Waals surface area (Å²) in [7, 11) is 0. The molecule has 0 aromatic carbocycles. The van der Waals surface area contributed by atoms with Crippen LogP contribution in [0.25, 0.3) is 0 Å². The van der Waals surface area contributed by atoms with E-state index in [1.54, 1.807) is 0 Å². The third kappa shape index (κ3) is 3.00. The molecule has 0 radical (unpaired) electrons. The lowest BCUT2D eigenvalue weighted by atomic mass is 9.70. The van der Waals surface area contributed by atoms with Crippen molar-refractivity contribution in [2.75, 3.05) is 39.5 Å². The van der Waals surface area contributed by atoms with E-state index < -0.39 is 0 Å². The topological polar surface area (TPSA) is 41.9 Å². The molecule has 0 amide bonds. The molecule has 2 bridgehead atoms. The van der Waals surface area contributed by atoms with E-state index in [2.05, 4.69) is 25.7 Å². The summed E-state index contributed by atoms with van der Waals surface area (Å²) in [6.07, 6.45) is 3.83. The molecule has 4 heteroatoms. The molecule has 1 aliphatic heterocycles. The van der Waals surface area contributed by atoms with Gasteiger partial charge in [-0.3, -0.25) is 4.90 Å². The Labute approximate surface area is 128 Å². The average molecular weight is 297 g/mol. The molecule has 21 heavy (non-hydrogen) atoms. The molecule has 1 N–H and O–H groups in total. The fraction of sp³-hybridized carbons (Fsp3) is 1.00. The first-order valence-electron chi connectivity index (χ1n) is 8.51. The van der Waals surface area contributed by atoms with Crippen LogP contribution in [0.4, 0.5) is 0 Å². The van der Waals surface area contributed by atoms with Crippen LogP contribution in [0, 0.1) is 16.7 Å². The predicted molar refractivity (Wildman–Crippen MR) is 82.2 cm³/mol. The van der Waals surface area contributed by atoms with Crippen LogP contribution in [-0.4, -0.2) is 61.7 Å². The molecular formula is C17H31NO3. The smallest absolute Gasteiger partial charge is 0.0900 e. The van der Waals surface area contributed by atoms with Crippen molar-refractivity contribution in [3.8, 4) is 0 Å². The van der Waals surface area contributed by atoms with Gasteiger partial charge in [-0.2, -0.15) is 0 Å². The number of ether oxygens (including phenoxy) is 2. The van der Waals surface area contributed by atoms with E-state index in [0.29, 0.717) is 24.7 Å². The molecule has 3 aliphatic rings. The van der Waals surface area contributed by atoms with E-state index in [1.165, 1.54) is 19.3 Å². The highest BCUT2D eigenvalue weighted by molar-refractivity contribution is 5.09. The molecule has 4 atom stereocenters. The van der Waals surface area contributed by atoms with E-state index in [9.17, 15) is 5.11 Å². The first-order chi connectivity index (χ1) is 9.92. The maximum atomic E-state index is 10.3. The Balaban J connectivity index is 1.50. The third-order valence-electron chi connectivity index (χ3n) is 6.17. The average Bonchev–Trinajstić information content (AvgIpc) is 2.90. The Kier molecular flexibility index (Phi) is 4.34. The minimum absolute atomic E-state index is 0.256. The predicted octanol–water partition coefficient (Wildman–Crippen LogP) is 1.91. The molecule has 2 aliphatic carbocycles. The van der Waals surface area contributed by atoms with Crippen LogP contribution in [0.15, 0.2) is 0 Å². The van der Waals surface area contributed by atoms with Gasteiger partial charge in [0.2, 0.25) is 0 Å². The van der Waals surface area contributed by atoms with Gasteiger partial charge in [-0.15, -0.1) is 0 Å². The number of aliphatic hydroxyl groups is 1. The van der Waals surface area contributed by atoms with Crippen molar-refractivity contribution in [3.05, 3.63) is 0 Å². The summed E-state index contributed by atoms with van der Waals surface area (Å²) in [6.45, 7) is 11.6. The van der Waals surface area contributed by atoms with Crippen LogP contribution in [0.3, 0.4) is 0 Å². The number of hydrogen-bond donors (Lipinski definition) is 1. The second-order valence-electron chi connectivity index (χ2n) is 8.20. The van der Waals surface area contributed by atoms with E-state index in [1.807, 2.05) is 0 Å². The van der Waals surface area contributed by atoms with Crippen LogP contribution in [0.1, 0.15) is 40.0 Å². The molecule has 1 heterocycles. The van der Waals surface area contributed by atoms with Gasteiger partial charge in [0.05, 0.1) is 32.0 Å². The first-order valence-corrected chi connectivity index (χ1v) is 8.51. The van der Waals surface area contributed by atoms with Crippen molar-refractivity contribution < 1.29 is 14.6 Å². The molecule has 4 nitrogen and oxygen atoms in total. The summed E-state index contributed by atoms with van der Waals surface area (Å²) >= 11 is 0. The molecule has 0 unspecified atom stereocenters. The van der Waals surface area contributed by atoms with Crippen molar-refractivity contribution in [1.29, 1.82) is 0 Å². The maximum absolute atomic E-state index is 10.3. The van der Waals surface area contributed by atoms with Crippen LogP contribution >= 0.6 is 0 Å². The summed E-state index contributed by atoms with van der Waals surface area (Å²) in [5.74, 6) is 0.795. The zero-order valence-corrected chi connectivity index (χ0v) is 13.8. The van der Waals surface area contributed by atoms with Crippen LogP contribution < -0.4 is 0 Å². The highest BCUT2D eigenvalue weighted by atomic mass is 16.5. The van der Waals surface area contributed by atoms with Crippen LogP contribution in [-0.2, 0) is 9.47 Å². The van der Waals surface area contributed by atoms with Crippen molar-refractivity contribution in [2.24, 2.45) is 16.7 Å². The number of morpholine rings is 1. The van der Waals surface area contributed by atoms with Crippen molar-refractivity contribution in [3.63, 3.8) is 0 Å². The Morgan fingerprint density at radius 2 is 2.00 bits per heavy atom. The SMILES string of the molecule is CC1(C)[C@H]2CC[C@](C)(C2)[C@@H]1OC[C@@H](O)CN1CCOCC1. The Bertz CT molecular complexity index is 362. The second-order valence-corrected chi connectivity index (χ2v) is 8.20. The summed E-state index contributed by atoms with van der Waals surface area (Å²) in [5, 5.41) is 10.3. The zero-order valence-electron chi connectivity index (χ0n) is 13.8. The summed E-state index contributed by atoms with van der Waals surface area (Å²) < 4.78 is 11.6. The van der Waals surface area contributed by atoms with Crippen molar-refractivity contribution >= 4 is 0 Å². The Morgan fingerprint density at radius 1 is 1.29 bits per heavy atom. The van der Waals surface area contributed by atoms with Gasteiger partial charge in [-0.1, -0.05) is 20.8 Å². The fourth-order valence-corrected chi connectivity index (χ4v) is 5.01. The zero-order chi connectivity index (χ0) is 15.1. The number of rotatable bonds is 5. The van der Waals surface area contributed by atoms with Gasteiger partial charge >= 0.3 is 0 Å². The maximum Gasteiger partial charge on any atom is 0.0900 e. The van der Waals surface area contributed by atoms with Gasteiger partial charge in [-0.25, -0.2) is 0 Å². The number of nitrogens with zero attached hydrogens (tertiary/aromatic N) is 1. The van der Waals surface area contributed by atoms with E-state index in [4.69, 9.17) is 9.47 Å². The van der Waals surface area contributed by atoms with Crippen LogP contribution in [0.5, 0.6) is 0 Å². The lowest BCUT2D eigenvalue weighted by Gasteiger charge is -2.42. The Morgan fingerprint density at radius 3 is 2.62 bits per heavy atom. The second kappa shape index (κ2) is 5.80. The standard InChI is InChI=1S/C17H31NO3/c1-16(2)13-4-5-17(3,10-13)15(16)21-12-14(19)11-18-6-8-20-9-7-18/h13-15,19H,4-12H2,1-3H3/t13-,14-,15+,17+/m0/s1.